The first-order chi connectivity index (χ1) is 13.9. The van der Waals surface area contributed by atoms with E-state index in [9.17, 15) is 15.3 Å². The van der Waals surface area contributed by atoms with Gasteiger partial charge in [-0.05, 0) is 47.7 Å². The Labute approximate surface area is 177 Å². The molecular weight excluding hydrogens is 412 g/mol. The summed E-state index contributed by atoms with van der Waals surface area (Å²) in [4.78, 5) is 1.18. The average Bonchev–Trinajstić information content (AvgIpc) is 3.27. The van der Waals surface area contributed by atoms with E-state index in [1.807, 2.05) is 24.3 Å². The second-order valence-electron chi connectivity index (χ2n) is 7.73. The van der Waals surface area contributed by atoms with E-state index in [-0.39, 0.29) is 6.61 Å². The van der Waals surface area contributed by atoms with Gasteiger partial charge in [0.2, 0.25) is 5.79 Å². The number of aliphatic hydroxyl groups excluding tert-OH is 3. The molecule has 5 rings (SSSR count). The Hall–Kier alpha value is -1.51. The molecule has 0 bridgehead atoms. The molecule has 5 nitrogen and oxygen atoms in total. The minimum atomic E-state index is -1.51. The third kappa shape index (κ3) is 3.02. The summed E-state index contributed by atoms with van der Waals surface area (Å²) in [5.74, 6) is -1.51. The minimum Gasteiger partial charge on any atom is -0.388 e. The molecule has 1 spiro atoms. The predicted molar refractivity (Wildman–Crippen MR) is 111 cm³/mol. The van der Waals surface area contributed by atoms with Crippen LogP contribution in [0.2, 0.25) is 5.02 Å². The van der Waals surface area contributed by atoms with Crippen molar-refractivity contribution in [3.05, 3.63) is 69.1 Å². The maximum atomic E-state index is 10.7. The molecule has 3 heterocycles. The molecule has 0 radical (unpaired) electrons. The fourth-order valence-electron chi connectivity index (χ4n) is 4.26. The van der Waals surface area contributed by atoms with Gasteiger partial charge in [-0.15, -0.1) is 11.3 Å². The Bertz CT molecular complexity index is 1050. The van der Waals surface area contributed by atoms with Gasteiger partial charge in [0.15, 0.2) is 0 Å². The fraction of sp³-hybridized carbons (Fsp3) is 0.364. The van der Waals surface area contributed by atoms with Crippen molar-refractivity contribution < 1.29 is 24.8 Å². The van der Waals surface area contributed by atoms with Crippen molar-refractivity contribution >= 4 is 33.0 Å². The van der Waals surface area contributed by atoms with Crippen LogP contribution < -0.4 is 0 Å². The number of hydrogen-bond acceptors (Lipinski definition) is 6. The van der Waals surface area contributed by atoms with Crippen LogP contribution in [0.3, 0.4) is 0 Å². The summed E-state index contributed by atoms with van der Waals surface area (Å²) in [7, 11) is 0. The summed E-state index contributed by atoms with van der Waals surface area (Å²) >= 11 is 8.28. The Balaban J connectivity index is 1.54. The SMILES string of the molecule is C[C@H]1O[C@]2(OCc3cc(Cl)c(Cc4cc5ccccc5s4)cc32)[C@H](O)[C@@H](O)[C@@H]1O. The third-order valence-corrected chi connectivity index (χ3v) is 7.30. The lowest BCUT2D eigenvalue weighted by Gasteiger charge is -2.45. The number of rotatable bonds is 2. The molecule has 5 atom stereocenters. The lowest BCUT2D eigenvalue weighted by molar-refractivity contribution is -0.362. The first-order valence-electron chi connectivity index (χ1n) is 9.54. The van der Waals surface area contributed by atoms with Gasteiger partial charge in [0.05, 0.1) is 12.7 Å². The molecule has 3 aromatic rings. The van der Waals surface area contributed by atoms with Crippen molar-refractivity contribution in [1.82, 2.24) is 0 Å². The number of halogens is 1. The van der Waals surface area contributed by atoms with E-state index in [0.717, 1.165) is 11.1 Å². The lowest BCUT2D eigenvalue weighted by Crippen LogP contribution is -2.62. The monoisotopic (exact) mass is 432 g/mol. The Morgan fingerprint density at radius 1 is 1.14 bits per heavy atom. The molecule has 0 aliphatic carbocycles. The van der Waals surface area contributed by atoms with Crippen molar-refractivity contribution in [2.24, 2.45) is 0 Å². The molecule has 1 aromatic heterocycles. The molecule has 29 heavy (non-hydrogen) atoms. The highest BCUT2D eigenvalue weighted by molar-refractivity contribution is 7.19. The van der Waals surface area contributed by atoms with Gasteiger partial charge < -0.3 is 24.8 Å². The van der Waals surface area contributed by atoms with Gasteiger partial charge in [-0.1, -0.05) is 29.8 Å². The van der Waals surface area contributed by atoms with Gasteiger partial charge in [-0.25, -0.2) is 0 Å². The van der Waals surface area contributed by atoms with Crippen LogP contribution in [0.4, 0.5) is 0 Å². The van der Waals surface area contributed by atoms with E-state index >= 15 is 0 Å². The number of thiophene rings is 1. The summed E-state index contributed by atoms with van der Waals surface area (Å²) in [5.41, 5.74) is 2.36. The smallest absolute Gasteiger partial charge is 0.225 e. The van der Waals surface area contributed by atoms with Crippen LogP contribution in [-0.4, -0.2) is 39.7 Å². The lowest BCUT2D eigenvalue weighted by atomic mass is 9.87. The second-order valence-corrected chi connectivity index (χ2v) is 9.31. The van der Waals surface area contributed by atoms with Gasteiger partial charge >= 0.3 is 0 Å². The summed E-state index contributed by atoms with van der Waals surface area (Å²) in [6, 6.07) is 14.1. The fourth-order valence-corrected chi connectivity index (χ4v) is 5.60. The minimum absolute atomic E-state index is 0.213. The average molecular weight is 433 g/mol. The number of fused-ring (bicyclic) bond motifs is 3. The third-order valence-electron chi connectivity index (χ3n) is 5.84. The van der Waals surface area contributed by atoms with Gasteiger partial charge in [-0.3, -0.25) is 0 Å². The molecule has 2 aliphatic rings. The summed E-state index contributed by atoms with van der Waals surface area (Å²) in [6.45, 7) is 1.86. The first kappa shape index (κ1) is 19.5. The maximum Gasteiger partial charge on any atom is 0.225 e. The van der Waals surface area contributed by atoms with Crippen LogP contribution >= 0.6 is 22.9 Å². The van der Waals surface area contributed by atoms with E-state index in [4.69, 9.17) is 21.1 Å². The van der Waals surface area contributed by atoms with E-state index < -0.39 is 30.2 Å². The molecule has 152 valence electrons. The quantitative estimate of drug-likeness (QED) is 0.579. The van der Waals surface area contributed by atoms with Gasteiger partial charge in [0.1, 0.15) is 18.3 Å². The van der Waals surface area contributed by atoms with Crippen LogP contribution in [0.15, 0.2) is 42.5 Å². The standard InChI is InChI=1S/C22H21ClO5S/c1-11-19(24)20(25)21(26)22(28-11)16-8-13(17(23)9-14(16)10-27-22)7-15-6-12-4-2-3-5-18(12)29-15/h2-6,8-9,11,19-21,24-26H,7,10H2,1H3/t11-,19-,20+,21-,22+/m1/s1. The zero-order valence-electron chi connectivity index (χ0n) is 15.7. The topological polar surface area (TPSA) is 79.2 Å². The second kappa shape index (κ2) is 7.03. The van der Waals surface area contributed by atoms with Gasteiger partial charge in [0, 0.05) is 26.6 Å². The van der Waals surface area contributed by atoms with Crippen molar-refractivity contribution in [2.45, 2.75) is 50.2 Å². The van der Waals surface area contributed by atoms with E-state index in [0.29, 0.717) is 17.0 Å². The van der Waals surface area contributed by atoms with Crippen LogP contribution in [-0.2, 0) is 28.3 Å². The van der Waals surface area contributed by atoms with Crippen molar-refractivity contribution in [2.75, 3.05) is 0 Å². The molecular formula is C22H21ClO5S. The highest BCUT2D eigenvalue weighted by Crippen LogP contribution is 2.47. The summed E-state index contributed by atoms with van der Waals surface area (Å²) in [5, 5.41) is 32.9. The zero-order chi connectivity index (χ0) is 20.3. The highest BCUT2D eigenvalue weighted by Gasteiger charge is 2.57. The van der Waals surface area contributed by atoms with E-state index in [2.05, 4.69) is 18.2 Å². The van der Waals surface area contributed by atoms with Crippen LogP contribution in [0.1, 0.15) is 28.5 Å². The number of hydrogen-bond donors (Lipinski definition) is 3. The van der Waals surface area contributed by atoms with Crippen molar-refractivity contribution in [3.8, 4) is 0 Å². The normalized spacial score (nSPS) is 31.5. The largest absolute Gasteiger partial charge is 0.388 e. The number of aliphatic hydroxyl groups is 3. The van der Waals surface area contributed by atoms with E-state index in [1.165, 1.54) is 15.0 Å². The zero-order valence-corrected chi connectivity index (χ0v) is 17.3. The Morgan fingerprint density at radius 2 is 1.93 bits per heavy atom. The number of benzene rings is 2. The Morgan fingerprint density at radius 3 is 2.72 bits per heavy atom. The molecule has 1 fully saturated rings. The van der Waals surface area contributed by atoms with Crippen LogP contribution in [0, 0.1) is 0 Å². The molecule has 2 aliphatic heterocycles. The molecule has 2 aromatic carbocycles. The van der Waals surface area contributed by atoms with Crippen molar-refractivity contribution in [1.29, 1.82) is 0 Å². The van der Waals surface area contributed by atoms with Crippen LogP contribution in [0.25, 0.3) is 10.1 Å². The molecule has 3 N–H and O–H groups in total. The first-order valence-corrected chi connectivity index (χ1v) is 10.7. The molecule has 0 saturated carbocycles. The van der Waals surface area contributed by atoms with Gasteiger partial charge in [-0.2, -0.15) is 0 Å². The molecule has 7 heteroatoms. The van der Waals surface area contributed by atoms with Crippen molar-refractivity contribution in [3.63, 3.8) is 0 Å². The van der Waals surface area contributed by atoms with E-state index in [1.54, 1.807) is 18.3 Å². The molecule has 0 unspecified atom stereocenters. The van der Waals surface area contributed by atoms with Gasteiger partial charge in [0.25, 0.3) is 0 Å². The summed E-state index contributed by atoms with van der Waals surface area (Å²) in [6.07, 6.45) is -4.02. The molecule has 1 saturated heterocycles. The maximum absolute atomic E-state index is 10.7. The summed E-state index contributed by atoms with van der Waals surface area (Å²) < 4.78 is 13.0. The number of ether oxygens (including phenoxy) is 2. The highest BCUT2D eigenvalue weighted by atomic mass is 35.5. The molecule has 0 amide bonds. The Kier molecular flexibility index (Phi) is 4.71. The van der Waals surface area contributed by atoms with Crippen LogP contribution in [0.5, 0.6) is 0 Å². The predicted octanol–water partition coefficient (Wildman–Crippen LogP) is 3.33.